The van der Waals surface area contributed by atoms with Gasteiger partial charge in [0.15, 0.2) is 0 Å². The number of hydrogen-bond acceptors (Lipinski definition) is 2. The van der Waals surface area contributed by atoms with E-state index >= 15 is 0 Å². The SMILES string of the molecule is Cc1c(C(C)(C)C)[c]ccc1S(=O)(=O)c1cc[c]c(C(C)(C)C)c1C. The highest BCUT2D eigenvalue weighted by atomic mass is 32.2. The molecule has 0 aliphatic heterocycles. The molecular weight excluding hydrogens is 328 g/mol. The summed E-state index contributed by atoms with van der Waals surface area (Å²) in [5, 5.41) is 0. The Balaban J connectivity index is 2.74. The van der Waals surface area contributed by atoms with Crippen molar-refractivity contribution >= 4 is 9.84 Å². The summed E-state index contributed by atoms with van der Waals surface area (Å²) in [5.41, 5.74) is 3.10. The largest absolute Gasteiger partial charge is 0.218 e. The number of benzene rings is 2. The van der Waals surface area contributed by atoms with Gasteiger partial charge in [0.2, 0.25) is 9.84 Å². The summed E-state index contributed by atoms with van der Waals surface area (Å²) in [5.74, 6) is 0. The summed E-state index contributed by atoms with van der Waals surface area (Å²) < 4.78 is 26.8. The maximum absolute atomic E-state index is 13.4. The Morgan fingerprint density at radius 2 is 1.04 bits per heavy atom. The van der Waals surface area contributed by atoms with Crippen molar-refractivity contribution in [3.63, 3.8) is 0 Å². The monoisotopic (exact) mass is 356 g/mol. The first-order chi connectivity index (χ1) is 11.3. The summed E-state index contributed by atoms with van der Waals surface area (Å²) in [7, 11) is -3.61. The fourth-order valence-corrected chi connectivity index (χ4v) is 5.11. The molecule has 0 bridgehead atoms. The van der Waals surface area contributed by atoms with Crippen molar-refractivity contribution in [1.82, 2.24) is 0 Å². The predicted molar refractivity (Wildman–Crippen MR) is 103 cm³/mol. The summed E-state index contributed by atoms with van der Waals surface area (Å²) in [6.07, 6.45) is 0. The van der Waals surface area contributed by atoms with E-state index in [1.807, 2.05) is 13.8 Å². The fraction of sp³-hybridized carbons (Fsp3) is 0.455. The molecule has 2 aromatic rings. The summed E-state index contributed by atoms with van der Waals surface area (Å²) >= 11 is 0. The van der Waals surface area contributed by atoms with Gasteiger partial charge in [-0.2, -0.15) is 0 Å². The van der Waals surface area contributed by atoms with Crippen LogP contribution in [-0.2, 0) is 20.7 Å². The van der Waals surface area contributed by atoms with Crippen LogP contribution in [0.4, 0.5) is 0 Å². The van der Waals surface area contributed by atoms with Gasteiger partial charge < -0.3 is 0 Å². The number of rotatable bonds is 2. The Morgan fingerprint density at radius 3 is 1.32 bits per heavy atom. The van der Waals surface area contributed by atoms with Crippen molar-refractivity contribution < 1.29 is 8.42 Å². The highest BCUT2D eigenvalue weighted by Gasteiger charge is 2.28. The first-order valence-corrected chi connectivity index (χ1v) is 10.0. The summed E-state index contributed by atoms with van der Waals surface area (Å²) in [4.78, 5) is 0.732. The van der Waals surface area contributed by atoms with Gasteiger partial charge in [-0.1, -0.05) is 53.7 Å². The van der Waals surface area contributed by atoms with E-state index in [9.17, 15) is 8.42 Å². The van der Waals surface area contributed by atoms with Crippen LogP contribution in [0, 0.1) is 26.0 Å². The van der Waals surface area contributed by atoms with Crippen molar-refractivity contribution in [3.05, 3.63) is 58.7 Å². The van der Waals surface area contributed by atoms with Crippen LogP contribution in [0.1, 0.15) is 63.8 Å². The minimum absolute atomic E-state index is 0.161. The van der Waals surface area contributed by atoms with Gasteiger partial charge in [0.05, 0.1) is 9.79 Å². The third-order valence-corrected chi connectivity index (χ3v) is 6.54. The molecule has 0 saturated heterocycles. The van der Waals surface area contributed by atoms with Crippen LogP contribution in [0.25, 0.3) is 0 Å². The Morgan fingerprint density at radius 1 is 0.720 bits per heavy atom. The van der Waals surface area contributed by atoms with E-state index in [0.717, 1.165) is 22.3 Å². The molecule has 0 aliphatic carbocycles. The molecule has 2 radical (unpaired) electrons. The van der Waals surface area contributed by atoms with Gasteiger partial charge in [-0.3, -0.25) is 0 Å². The lowest BCUT2D eigenvalue weighted by Gasteiger charge is -2.25. The topological polar surface area (TPSA) is 34.1 Å². The second-order valence-corrected chi connectivity index (χ2v) is 10.6. The Labute approximate surface area is 153 Å². The van der Waals surface area contributed by atoms with E-state index in [-0.39, 0.29) is 10.8 Å². The molecule has 0 atom stereocenters. The first kappa shape index (κ1) is 19.7. The molecule has 3 heteroatoms. The highest BCUT2D eigenvalue weighted by Crippen LogP contribution is 2.35. The fourth-order valence-electron chi connectivity index (χ4n) is 3.37. The van der Waals surface area contributed by atoms with Crippen molar-refractivity contribution in [3.8, 4) is 0 Å². The third-order valence-electron chi connectivity index (χ3n) is 4.49. The molecule has 2 aromatic carbocycles. The molecule has 0 fully saturated rings. The molecule has 0 heterocycles. The molecule has 0 unspecified atom stereocenters. The van der Waals surface area contributed by atoms with Crippen LogP contribution in [-0.4, -0.2) is 8.42 Å². The molecule has 0 amide bonds. The van der Waals surface area contributed by atoms with Gasteiger partial charge in [0, 0.05) is 0 Å². The van der Waals surface area contributed by atoms with Gasteiger partial charge >= 0.3 is 0 Å². The molecular formula is C22H28O2S. The molecule has 2 nitrogen and oxygen atoms in total. The average molecular weight is 357 g/mol. The molecule has 134 valence electrons. The Bertz CT molecular complexity index is 823. The molecule has 0 saturated carbocycles. The van der Waals surface area contributed by atoms with Crippen LogP contribution in [0.15, 0.2) is 34.1 Å². The predicted octanol–water partition coefficient (Wildman–Crippen LogP) is 5.33. The van der Waals surface area contributed by atoms with Gasteiger partial charge in [-0.25, -0.2) is 8.42 Å². The van der Waals surface area contributed by atoms with Gasteiger partial charge in [-0.15, -0.1) is 0 Å². The summed E-state index contributed by atoms with van der Waals surface area (Å²) in [6.45, 7) is 16.2. The molecule has 0 aliphatic rings. The van der Waals surface area contributed by atoms with Crippen LogP contribution in [0.5, 0.6) is 0 Å². The lowest BCUT2D eigenvalue weighted by atomic mass is 9.84. The standard InChI is InChI=1S/C22H28O2S/c1-15-17(21(3,4)5)11-9-13-19(15)25(23,24)20-14-10-12-18(16(20)2)22(6,7)8/h9-10,13-14H,1-8H3. The van der Waals surface area contributed by atoms with Crippen LogP contribution in [0.2, 0.25) is 0 Å². The smallest absolute Gasteiger partial charge is 0.207 e. The number of hydrogen-bond donors (Lipinski definition) is 0. The number of sulfone groups is 1. The zero-order chi connectivity index (χ0) is 19.2. The second kappa shape index (κ2) is 6.28. The van der Waals surface area contributed by atoms with E-state index in [4.69, 9.17) is 0 Å². The molecule has 0 aromatic heterocycles. The van der Waals surface area contributed by atoms with Crippen LogP contribution in [0.3, 0.4) is 0 Å². The van der Waals surface area contributed by atoms with E-state index < -0.39 is 9.84 Å². The first-order valence-electron chi connectivity index (χ1n) is 8.56. The third kappa shape index (κ3) is 3.67. The van der Waals surface area contributed by atoms with Gasteiger partial charge in [0.1, 0.15) is 0 Å². The highest BCUT2D eigenvalue weighted by molar-refractivity contribution is 7.91. The van der Waals surface area contributed by atoms with E-state index in [2.05, 4.69) is 53.7 Å². The maximum Gasteiger partial charge on any atom is 0.207 e. The average Bonchev–Trinajstić information content (AvgIpc) is 2.44. The van der Waals surface area contributed by atoms with Gasteiger partial charge in [-0.05, 0) is 71.2 Å². The molecule has 25 heavy (non-hydrogen) atoms. The van der Waals surface area contributed by atoms with Gasteiger partial charge in [0.25, 0.3) is 0 Å². The van der Waals surface area contributed by atoms with Crippen molar-refractivity contribution in [2.24, 2.45) is 0 Å². The molecule has 0 N–H and O–H groups in total. The van der Waals surface area contributed by atoms with Crippen molar-refractivity contribution in [2.45, 2.75) is 76.0 Å². The lowest BCUT2D eigenvalue weighted by Crippen LogP contribution is -2.18. The van der Waals surface area contributed by atoms with Crippen LogP contribution >= 0.6 is 0 Å². The minimum atomic E-state index is -3.61. The van der Waals surface area contributed by atoms with E-state index in [1.165, 1.54) is 0 Å². The Hall–Kier alpha value is -1.61. The zero-order valence-corrected chi connectivity index (χ0v) is 17.4. The molecule has 0 spiro atoms. The second-order valence-electron chi connectivity index (χ2n) is 8.69. The normalized spacial score (nSPS) is 13.1. The van der Waals surface area contributed by atoms with Crippen molar-refractivity contribution in [1.29, 1.82) is 0 Å². The van der Waals surface area contributed by atoms with E-state index in [1.54, 1.807) is 24.3 Å². The molecule has 2 rings (SSSR count). The van der Waals surface area contributed by atoms with E-state index in [0.29, 0.717) is 9.79 Å². The van der Waals surface area contributed by atoms with Crippen molar-refractivity contribution in [2.75, 3.05) is 0 Å². The maximum atomic E-state index is 13.4. The zero-order valence-electron chi connectivity index (χ0n) is 16.5. The quantitative estimate of drug-likeness (QED) is 0.728. The Kier molecular flexibility index (Phi) is 4.95. The summed E-state index contributed by atoms with van der Waals surface area (Å²) in [6, 6.07) is 13.2. The lowest BCUT2D eigenvalue weighted by molar-refractivity contribution is 0.574. The van der Waals surface area contributed by atoms with Crippen LogP contribution < -0.4 is 0 Å². The minimum Gasteiger partial charge on any atom is -0.218 e.